The van der Waals surface area contributed by atoms with Crippen LogP contribution in [0.4, 0.5) is 13.6 Å². The largest absolute Gasteiger partial charge is 0.488 e. The predicted molar refractivity (Wildman–Crippen MR) is 75.2 cm³/mol. The molecule has 0 radical (unpaired) electrons. The molecular weight excluding hydrogens is 314 g/mol. The Morgan fingerprint density at radius 1 is 1.17 bits per heavy atom. The van der Waals surface area contributed by atoms with Gasteiger partial charge in [0.1, 0.15) is 12.4 Å². The van der Waals surface area contributed by atoms with Crippen LogP contribution < -0.4 is 26.8 Å². The lowest BCUT2D eigenvalue weighted by Gasteiger charge is -2.17. The van der Waals surface area contributed by atoms with Gasteiger partial charge in [-0.05, 0) is 19.1 Å². The number of halogens is 2. The third-order valence-corrected chi connectivity index (χ3v) is 2.60. The SMILES string of the molecule is C[C@H](COc1ccc(F)cc1F)NC(=O)NC(C(N)=O)C(N)=O. The molecule has 6 N–H and O–H groups in total. The minimum Gasteiger partial charge on any atom is -0.488 e. The quantitative estimate of drug-likeness (QED) is 0.495. The minimum atomic E-state index is -1.65. The Morgan fingerprint density at radius 3 is 2.30 bits per heavy atom. The first kappa shape index (κ1) is 18.1. The van der Waals surface area contributed by atoms with Gasteiger partial charge in [-0.3, -0.25) is 9.59 Å². The molecule has 1 rings (SSSR count). The van der Waals surface area contributed by atoms with E-state index in [4.69, 9.17) is 16.2 Å². The van der Waals surface area contributed by atoms with Gasteiger partial charge in [-0.25, -0.2) is 13.6 Å². The second kappa shape index (κ2) is 7.92. The highest BCUT2D eigenvalue weighted by molar-refractivity contribution is 6.05. The molecule has 0 aliphatic rings. The molecule has 23 heavy (non-hydrogen) atoms. The van der Waals surface area contributed by atoms with E-state index in [9.17, 15) is 23.2 Å². The number of benzene rings is 1. The van der Waals surface area contributed by atoms with Gasteiger partial charge in [-0.15, -0.1) is 0 Å². The van der Waals surface area contributed by atoms with Crippen LogP contribution in [0.15, 0.2) is 18.2 Å². The van der Waals surface area contributed by atoms with Crippen LogP contribution in [-0.4, -0.2) is 36.5 Å². The maximum Gasteiger partial charge on any atom is 0.316 e. The summed E-state index contributed by atoms with van der Waals surface area (Å²) in [5, 5.41) is 4.32. The van der Waals surface area contributed by atoms with Gasteiger partial charge >= 0.3 is 6.03 Å². The van der Waals surface area contributed by atoms with Gasteiger partial charge in [0.25, 0.3) is 0 Å². The van der Waals surface area contributed by atoms with Crippen molar-refractivity contribution in [3.05, 3.63) is 29.8 Å². The molecule has 4 amide bonds. The van der Waals surface area contributed by atoms with Crippen molar-refractivity contribution in [1.29, 1.82) is 0 Å². The van der Waals surface area contributed by atoms with Crippen LogP contribution in [0.25, 0.3) is 0 Å². The Morgan fingerprint density at radius 2 is 1.78 bits per heavy atom. The number of nitrogens with two attached hydrogens (primary N) is 2. The summed E-state index contributed by atoms with van der Waals surface area (Å²) >= 11 is 0. The van der Waals surface area contributed by atoms with Crippen molar-refractivity contribution in [2.75, 3.05) is 6.61 Å². The normalized spacial score (nSPS) is 11.7. The summed E-state index contributed by atoms with van der Waals surface area (Å²) in [6.45, 7) is 1.37. The smallest absolute Gasteiger partial charge is 0.316 e. The van der Waals surface area contributed by atoms with Crippen molar-refractivity contribution >= 4 is 17.8 Å². The van der Waals surface area contributed by atoms with Gasteiger partial charge in [-0.2, -0.15) is 0 Å². The fraction of sp³-hybridized carbons (Fsp3) is 0.308. The number of primary amides is 2. The summed E-state index contributed by atoms with van der Waals surface area (Å²) in [4.78, 5) is 33.4. The number of ether oxygens (including phenoxy) is 1. The Bertz CT molecular complexity index is 598. The van der Waals surface area contributed by atoms with E-state index in [0.29, 0.717) is 6.07 Å². The van der Waals surface area contributed by atoms with Crippen LogP contribution in [0.3, 0.4) is 0 Å². The van der Waals surface area contributed by atoms with Gasteiger partial charge in [0.15, 0.2) is 17.6 Å². The topological polar surface area (TPSA) is 137 Å². The lowest BCUT2D eigenvalue weighted by Crippen LogP contribution is -2.56. The molecule has 1 aromatic carbocycles. The van der Waals surface area contributed by atoms with Gasteiger partial charge in [0.05, 0.1) is 6.04 Å². The molecule has 0 fully saturated rings. The third kappa shape index (κ3) is 5.77. The predicted octanol–water partition coefficient (Wildman–Crippen LogP) is -0.629. The van der Waals surface area contributed by atoms with Gasteiger partial charge in [-0.1, -0.05) is 0 Å². The maximum absolute atomic E-state index is 13.3. The Labute approximate surface area is 130 Å². The van der Waals surface area contributed by atoms with Crippen LogP contribution in [0.2, 0.25) is 0 Å². The number of carbonyl (C=O) groups is 3. The summed E-state index contributed by atoms with van der Waals surface area (Å²) in [5.74, 6) is -4.03. The molecule has 10 heteroatoms. The van der Waals surface area contributed by atoms with Crippen LogP contribution in [0.1, 0.15) is 6.92 Å². The molecule has 0 aliphatic heterocycles. The first-order valence-corrected chi connectivity index (χ1v) is 6.44. The molecule has 8 nitrogen and oxygen atoms in total. The first-order valence-electron chi connectivity index (χ1n) is 6.44. The molecule has 0 bridgehead atoms. The lowest BCUT2D eigenvalue weighted by atomic mass is 10.2. The molecule has 0 aromatic heterocycles. The molecule has 0 aliphatic carbocycles. The average Bonchev–Trinajstić information content (AvgIpc) is 2.43. The highest BCUT2D eigenvalue weighted by Gasteiger charge is 2.24. The van der Waals surface area contributed by atoms with Gasteiger partial charge in [0, 0.05) is 6.07 Å². The second-order valence-electron chi connectivity index (χ2n) is 4.64. The lowest BCUT2D eigenvalue weighted by molar-refractivity contribution is -0.128. The van der Waals surface area contributed by atoms with Gasteiger partial charge in [0.2, 0.25) is 11.8 Å². The monoisotopic (exact) mass is 330 g/mol. The summed E-state index contributed by atoms with van der Waals surface area (Å²) < 4.78 is 31.2. The highest BCUT2D eigenvalue weighted by Crippen LogP contribution is 2.17. The van der Waals surface area contributed by atoms with E-state index in [-0.39, 0.29) is 12.4 Å². The van der Waals surface area contributed by atoms with Crippen LogP contribution in [-0.2, 0) is 9.59 Å². The number of rotatable bonds is 7. The first-order chi connectivity index (χ1) is 10.7. The molecule has 1 aromatic rings. The summed E-state index contributed by atoms with van der Waals surface area (Å²) in [5.41, 5.74) is 9.80. The zero-order chi connectivity index (χ0) is 17.6. The molecule has 0 heterocycles. The van der Waals surface area contributed by atoms with Crippen molar-refractivity contribution in [3.8, 4) is 5.75 Å². The van der Waals surface area contributed by atoms with Crippen molar-refractivity contribution in [2.45, 2.75) is 19.0 Å². The van der Waals surface area contributed by atoms with Crippen LogP contribution >= 0.6 is 0 Å². The molecule has 0 spiro atoms. The Balaban J connectivity index is 2.49. The standard InChI is InChI=1S/C13H16F2N4O4/c1-6(5-23-9-3-2-7(14)4-8(9)15)18-13(22)19-10(11(16)20)12(17)21/h2-4,6,10H,5H2,1H3,(H2,16,20)(H2,17,21)(H2,18,19,22)/t6-/m1/s1. The van der Waals surface area contributed by atoms with Crippen molar-refractivity contribution < 1.29 is 27.9 Å². The fourth-order valence-corrected chi connectivity index (χ4v) is 1.53. The van der Waals surface area contributed by atoms with E-state index < -0.39 is 41.6 Å². The molecule has 126 valence electrons. The molecule has 0 saturated heterocycles. The zero-order valence-electron chi connectivity index (χ0n) is 12.1. The van der Waals surface area contributed by atoms with Crippen molar-refractivity contribution in [2.24, 2.45) is 11.5 Å². The molecule has 1 atom stereocenters. The molecule has 0 saturated carbocycles. The van der Waals surface area contributed by atoms with Crippen molar-refractivity contribution in [3.63, 3.8) is 0 Å². The average molecular weight is 330 g/mol. The van der Waals surface area contributed by atoms with Crippen molar-refractivity contribution in [1.82, 2.24) is 10.6 Å². The number of amides is 4. The second-order valence-corrected chi connectivity index (χ2v) is 4.64. The third-order valence-electron chi connectivity index (χ3n) is 2.60. The summed E-state index contributed by atoms with van der Waals surface area (Å²) in [7, 11) is 0. The summed E-state index contributed by atoms with van der Waals surface area (Å²) in [6, 6.07) is -0.382. The Hall–Kier alpha value is -2.91. The van der Waals surface area contributed by atoms with Crippen LogP contribution in [0.5, 0.6) is 5.75 Å². The van der Waals surface area contributed by atoms with E-state index in [1.807, 2.05) is 5.32 Å². The number of nitrogens with one attached hydrogen (secondary N) is 2. The van der Waals surface area contributed by atoms with E-state index in [1.165, 1.54) is 6.92 Å². The van der Waals surface area contributed by atoms with E-state index in [2.05, 4.69) is 5.32 Å². The minimum absolute atomic E-state index is 0.145. The van der Waals surface area contributed by atoms with E-state index in [1.54, 1.807) is 0 Å². The fourth-order valence-electron chi connectivity index (χ4n) is 1.53. The van der Waals surface area contributed by atoms with Crippen LogP contribution in [0, 0.1) is 11.6 Å². The number of urea groups is 1. The van der Waals surface area contributed by atoms with E-state index >= 15 is 0 Å². The number of hydrogen-bond acceptors (Lipinski definition) is 4. The number of carbonyl (C=O) groups excluding carboxylic acids is 3. The highest BCUT2D eigenvalue weighted by atomic mass is 19.1. The van der Waals surface area contributed by atoms with E-state index in [0.717, 1.165) is 12.1 Å². The maximum atomic E-state index is 13.3. The molecular formula is C13H16F2N4O4. The Kier molecular flexibility index (Phi) is 6.24. The van der Waals surface area contributed by atoms with Gasteiger partial charge < -0.3 is 26.8 Å². The number of hydrogen-bond donors (Lipinski definition) is 4. The summed E-state index contributed by atoms with van der Waals surface area (Å²) in [6.07, 6.45) is 0. The zero-order valence-corrected chi connectivity index (χ0v) is 12.1. The molecule has 0 unspecified atom stereocenters.